The number of rotatable bonds is 10. The molecule has 4 rings (SSSR count). The normalized spacial score (nSPS) is 16.2. The van der Waals surface area contributed by atoms with Gasteiger partial charge in [0.2, 0.25) is 5.78 Å². The van der Waals surface area contributed by atoms with Crippen LogP contribution in [0.25, 0.3) is 0 Å². The minimum absolute atomic E-state index is 0.00561. The molecule has 0 amide bonds. The van der Waals surface area contributed by atoms with Crippen LogP contribution in [-0.4, -0.2) is 69.1 Å². The average Bonchev–Trinajstić information content (AvgIpc) is 3.30. The van der Waals surface area contributed by atoms with E-state index in [1.807, 2.05) is 0 Å². The van der Waals surface area contributed by atoms with Gasteiger partial charge in [0.25, 0.3) is 0 Å². The summed E-state index contributed by atoms with van der Waals surface area (Å²) in [6.45, 7) is 3.35. The fourth-order valence-corrected chi connectivity index (χ4v) is 5.12. The second-order valence-corrected chi connectivity index (χ2v) is 10.8. The minimum atomic E-state index is -6.24. The molecular formula is C26H25F3O11S. The average molecular weight is 603 g/mol. The molecule has 1 aliphatic heterocycles. The number of halogens is 3. The summed E-state index contributed by atoms with van der Waals surface area (Å²) in [6.07, 6.45) is -1.03. The van der Waals surface area contributed by atoms with Gasteiger partial charge in [-0.1, -0.05) is 0 Å². The number of ether oxygens (including phenoxy) is 4. The molecule has 0 atom stereocenters. The molecule has 1 saturated heterocycles. The van der Waals surface area contributed by atoms with Crippen molar-refractivity contribution in [3.63, 3.8) is 0 Å². The molecule has 0 bridgehead atoms. The zero-order valence-electron chi connectivity index (χ0n) is 22.0. The van der Waals surface area contributed by atoms with Crippen LogP contribution < -0.4 is 13.7 Å². The summed E-state index contributed by atoms with van der Waals surface area (Å²) in [6, 6.07) is 2.92. The van der Waals surface area contributed by atoms with Crippen molar-refractivity contribution in [3.05, 3.63) is 46.0 Å². The van der Waals surface area contributed by atoms with Gasteiger partial charge in [0.05, 0.1) is 44.5 Å². The number of methoxy groups -OCH3 is 1. The predicted octanol–water partition coefficient (Wildman–Crippen LogP) is 3.46. The molecule has 11 nitrogen and oxygen atoms in total. The first-order valence-electron chi connectivity index (χ1n) is 12.3. The molecule has 1 N–H and O–H groups in total. The third kappa shape index (κ3) is 5.74. The number of alkyl halides is 3. The van der Waals surface area contributed by atoms with Crippen LogP contribution in [0, 0.1) is 0 Å². The molecule has 0 aromatic heterocycles. The van der Waals surface area contributed by atoms with E-state index in [1.165, 1.54) is 21.0 Å². The lowest BCUT2D eigenvalue weighted by Crippen LogP contribution is -2.30. The molecule has 0 radical (unpaired) electrons. The van der Waals surface area contributed by atoms with Gasteiger partial charge in [-0.15, -0.1) is 0 Å². The highest BCUT2D eigenvalue weighted by molar-refractivity contribution is 7.88. The van der Waals surface area contributed by atoms with E-state index in [0.717, 1.165) is 12.1 Å². The zero-order valence-corrected chi connectivity index (χ0v) is 22.9. The van der Waals surface area contributed by atoms with Crippen molar-refractivity contribution in [2.45, 2.75) is 44.4 Å². The fraction of sp³-hybridized carbons (Fsp3) is 0.423. The SMILES string of the molecule is CCOc1c(CCC(=O)CC2(C)OCCO2)c(OS(=O)(=O)C(F)(F)F)cc2c1C(=O)c1c(O)cc(OC)cc1C2=O. The minimum Gasteiger partial charge on any atom is -0.507 e. The van der Waals surface area contributed by atoms with Crippen molar-refractivity contribution < 1.29 is 64.2 Å². The van der Waals surface area contributed by atoms with Crippen LogP contribution in [-0.2, 0) is 30.8 Å². The van der Waals surface area contributed by atoms with E-state index in [4.69, 9.17) is 18.9 Å². The number of hydrogen-bond donors (Lipinski definition) is 1. The van der Waals surface area contributed by atoms with Gasteiger partial charge in [-0.05, 0) is 32.4 Å². The molecule has 1 aliphatic carbocycles. The van der Waals surface area contributed by atoms with E-state index < -0.39 is 79.1 Å². The van der Waals surface area contributed by atoms with Gasteiger partial charge >= 0.3 is 15.6 Å². The molecule has 1 heterocycles. The molecule has 0 spiro atoms. The van der Waals surface area contributed by atoms with Gasteiger partial charge in [-0.3, -0.25) is 14.4 Å². The van der Waals surface area contributed by atoms with E-state index in [-0.39, 0.29) is 49.5 Å². The van der Waals surface area contributed by atoms with Gasteiger partial charge < -0.3 is 28.2 Å². The molecule has 2 aromatic rings. The largest absolute Gasteiger partial charge is 0.534 e. The fourth-order valence-electron chi connectivity index (χ4n) is 4.64. The van der Waals surface area contributed by atoms with Crippen LogP contribution in [0.5, 0.6) is 23.0 Å². The second kappa shape index (κ2) is 10.9. The highest BCUT2D eigenvalue weighted by Gasteiger charge is 2.49. The maximum Gasteiger partial charge on any atom is 0.534 e. The summed E-state index contributed by atoms with van der Waals surface area (Å²) in [5.74, 6) is -5.53. The van der Waals surface area contributed by atoms with Crippen LogP contribution in [0.4, 0.5) is 13.2 Å². The lowest BCUT2D eigenvalue weighted by atomic mass is 9.81. The first-order valence-corrected chi connectivity index (χ1v) is 13.7. The Morgan fingerprint density at radius 3 is 2.29 bits per heavy atom. The standard InChI is InChI=1S/C26H25F3O11S/c1-4-37-24-15(6-5-13(30)12-25(2)38-7-8-39-25)19(40-41(34,35)26(27,28)29)11-17-21(24)23(33)20-16(22(17)32)9-14(36-3)10-18(20)31/h9-11,31H,4-8,12H2,1-3H3. The Morgan fingerprint density at radius 1 is 1.07 bits per heavy atom. The number of hydrogen-bond acceptors (Lipinski definition) is 11. The molecule has 0 saturated carbocycles. The first kappa shape index (κ1) is 30.3. The molecule has 2 aromatic carbocycles. The van der Waals surface area contributed by atoms with Gasteiger partial charge in [-0.25, -0.2) is 0 Å². The highest BCUT2D eigenvalue weighted by atomic mass is 32.2. The number of phenolic OH excluding ortho intramolecular Hbond substituents is 1. The second-order valence-electron chi connectivity index (χ2n) is 9.29. The van der Waals surface area contributed by atoms with Crippen LogP contribution in [0.1, 0.15) is 64.1 Å². The maximum absolute atomic E-state index is 13.6. The van der Waals surface area contributed by atoms with E-state index in [1.54, 1.807) is 0 Å². The lowest BCUT2D eigenvalue weighted by Gasteiger charge is -2.25. The summed E-state index contributed by atoms with van der Waals surface area (Å²) >= 11 is 0. The molecular weight excluding hydrogens is 577 g/mol. The predicted molar refractivity (Wildman–Crippen MR) is 133 cm³/mol. The van der Waals surface area contributed by atoms with Crippen molar-refractivity contribution in [1.82, 2.24) is 0 Å². The summed E-state index contributed by atoms with van der Waals surface area (Å²) in [7, 11) is -5.00. The van der Waals surface area contributed by atoms with E-state index in [0.29, 0.717) is 6.07 Å². The number of aromatic hydroxyl groups is 1. The summed E-state index contributed by atoms with van der Waals surface area (Å²) in [4.78, 5) is 39.9. The Balaban J connectivity index is 1.87. The van der Waals surface area contributed by atoms with Crippen LogP contribution in [0.3, 0.4) is 0 Å². The van der Waals surface area contributed by atoms with E-state index in [2.05, 4.69) is 4.18 Å². The van der Waals surface area contributed by atoms with Crippen LogP contribution >= 0.6 is 0 Å². The maximum atomic E-state index is 13.6. The third-order valence-corrected chi connectivity index (χ3v) is 7.42. The molecule has 0 unspecified atom stereocenters. The molecule has 15 heteroatoms. The van der Waals surface area contributed by atoms with Crippen molar-refractivity contribution in [2.24, 2.45) is 0 Å². The Hall–Kier alpha value is -3.69. The number of ketones is 3. The summed E-state index contributed by atoms with van der Waals surface area (Å²) in [5, 5.41) is 10.5. The number of carbonyl (C=O) groups excluding carboxylic acids is 3. The molecule has 41 heavy (non-hydrogen) atoms. The van der Waals surface area contributed by atoms with Gasteiger partial charge in [0.15, 0.2) is 17.3 Å². The molecule has 1 fully saturated rings. The summed E-state index contributed by atoms with van der Waals surface area (Å²) < 4.78 is 89.8. The monoisotopic (exact) mass is 602 g/mol. The van der Waals surface area contributed by atoms with E-state index >= 15 is 0 Å². The Kier molecular flexibility index (Phi) is 8.08. The Bertz CT molecular complexity index is 1520. The topological polar surface area (TPSA) is 152 Å². The molecule has 2 aliphatic rings. The zero-order chi connectivity index (χ0) is 30.3. The third-order valence-electron chi connectivity index (χ3n) is 6.46. The van der Waals surface area contributed by atoms with Gasteiger partial charge in [-0.2, -0.15) is 21.6 Å². The smallest absolute Gasteiger partial charge is 0.507 e. The van der Waals surface area contributed by atoms with Gasteiger partial charge in [0, 0.05) is 29.2 Å². The van der Waals surface area contributed by atoms with Crippen molar-refractivity contribution in [2.75, 3.05) is 26.9 Å². The number of carbonyl (C=O) groups is 3. The Morgan fingerprint density at radius 2 is 1.71 bits per heavy atom. The van der Waals surface area contributed by atoms with Crippen molar-refractivity contribution >= 4 is 27.5 Å². The number of phenols is 1. The molecule has 222 valence electrons. The van der Waals surface area contributed by atoms with Gasteiger partial charge in [0.1, 0.15) is 23.0 Å². The Labute approximate surface area is 232 Å². The van der Waals surface area contributed by atoms with Crippen LogP contribution in [0.15, 0.2) is 18.2 Å². The quantitative estimate of drug-likeness (QED) is 0.268. The summed E-state index contributed by atoms with van der Waals surface area (Å²) in [5.41, 5.74) is -7.91. The lowest BCUT2D eigenvalue weighted by molar-refractivity contribution is -0.158. The van der Waals surface area contributed by atoms with E-state index in [9.17, 15) is 41.1 Å². The number of benzene rings is 2. The van der Waals surface area contributed by atoms with Crippen molar-refractivity contribution in [3.8, 4) is 23.0 Å². The number of fused-ring (bicyclic) bond motifs is 2. The number of Topliss-reactive ketones (excluding diaryl/α,β-unsaturated/α-hetero) is 1. The van der Waals surface area contributed by atoms with Crippen molar-refractivity contribution in [1.29, 1.82) is 0 Å². The first-order chi connectivity index (χ1) is 19.1. The highest BCUT2D eigenvalue weighted by Crippen LogP contribution is 2.45. The van der Waals surface area contributed by atoms with Crippen LogP contribution in [0.2, 0.25) is 0 Å².